The third-order valence-electron chi connectivity index (χ3n) is 1.36. The van der Waals surface area contributed by atoms with E-state index in [9.17, 15) is 9.90 Å². The van der Waals surface area contributed by atoms with Crippen LogP contribution >= 0.6 is 0 Å². The van der Waals surface area contributed by atoms with Crippen molar-refractivity contribution in [2.75, 3.05) is 20.3 Å². The smallest absolute Gasteiger partial charge is 0.295 e. The van der Waals surface area contributed by atoms with Gasteiger partial charge in [0.05, 0.1) is 12.7 Å². The number of hydrogen-bond donors (Lipinski definition) is 2. The SMILES string of the molecule is CC#CC(=O)NCCC(O)COC. The fourth-order valence-electron chi connectivity index (χ4n) is 0.786. The Kier molecular flexibility index (Phi) is 6.98. The van der Waals surface area contributed by atoms with Crippen LogP contribution in [-0.2, 0) is 9.53 Å². The minimum absolute atomic E-state index is 0.287. The first-order valence-electron chi connectivity index (χ1n) is 4.08. The number of carbonyl (C=O) groups excluding carboxylic acids is 1. The predicted molar refractivity (Wildman–Crippen MR) is 49.0 cm³/mol. The molecule has 0 bridgehead atoms. The van der Waals surface area contributed by atoms with Crippen molar-refractivity contribution < 1.29 is 14.6 Å². The number of hydrogen-bond acceptors (Lipinski definition) is 3. The second kappa shape index (κ2) is 7.59. The van der Waals surface area contributed by atoms with Crippen molar-refractivity contribution in [3.63, 3.8) is 0 Å². The molecule has 0 aromatic rings. The van der Waals surface area contributed by atoms with Gasteiger partial charge in [-0.15, -0.1) is 0 Å². The number of rotatable bonds is 5. The summed E-state index contributed by atoms with van der Waals surface area (Å²) >= 11 is 0. The Bertz CT molecular complexity index is 205. The summed E-state index contributed by atoms with van der Waals surface area (Å²) < 4.78 is 4.72. The van der Waals surface area contributed by atoms with Crippen LogP contribution in [0.4, 0.5) is 0 Å². The minimum Gasteiger partial charge on any atom is -0.391 e. The monoisotopic (exact) mass is 185 g/mol. The van der Waals surface area contributed by atoms with Gasteiger partial charge in [-0.3, -0.25) is 4.79 Å². The second-order valence-corrected chi connectivity index (χ2v) is 2.53. The lowest BCUT2D eigenvalue weighted by Crippen LogP contribution is -2.27. The molecular weight excluding hydrogens is 170 g/mol. The molecule has 0 aromatic heterocycles. The Balaban J connectivity index is 3.42. The van der Waals surface area contributed by atoms with E-state index in [1.807, 2.05) is 0 Å². The molecule has 0 aromatic carbocycles. The fraction of sp³-hybridized carbons (Fsp3) is 0.667. The van der Waals surface area contributed by atoms with Crippen LogP contribution in [0.3, 0.4) is 0 Å². The number of nitrogens with one attached hydrogen (secondary N) is 1. The van der Waals surface area contributed by atoms with Gasteiger partial charge < -0.3 is 15.2 Å². The van der Waals surface area contributed by atoms with Crippen LogP contribution in [0.25, 0.3) is 0 Å². The fourth-order valence-corrected chi connectivity index (χ4v) is 0.786. The molecule has 0 aliphatic heterocycles. The van der Waals surface area contributed by atoms with E-state index in [-0.39, 0.29) is 12.5 Å². The van der Waals surface area contributed by atoms with Crippen LogP contribution in [-0.4, -0.2) is 37.4 Å². The molecule has 0 aliphatic rings. The van der Waals surface area contributed by atoms with Gasteiger partial charge in [0.1, 0.15) is 0 Å². The van der Waals surface area contributed by atoms with E-state index < -0.39 is 6.10 Å². The van der Waals surface area contributed by atoms with Crippen molar-refractivity contribution in [2.24, 2.45) is 0 Å². The summed E-state index contributed by atoms with van der Waals surface area (Å²) in [6.07, 6.45) is -0.0507. The third-order valence-corrected chi connectivity index (χ3v) is 1.36. The summed E-state index contributed by atoms with van der Waals surface area (Å²) in [6, 6.07) is 0. The van der Waals surface area contributed by atoms with Crippen molar-refractivity contribution in [3.05, 3.63) is 0 Å². The quantitative estimate of drug-likeness (QED) is 0.569. The minimum atomic E-state index is -0.528. The van der Waals surface area contributed by atoms with Gasteiger partial charge in [0.2, 0.25) is 0 Å². The zero-order valence-corrected chi connectivity index (χ0v) is 7.96. The summed E-state index contributed by atoms with van der Waals surface area (Å²) in [5, 5.41) is 11.7. The van der Waals surface area contributed by atoms with E-state index in [0.717, 1.165) is 0 Å². The molecule has 1 amide bonds. The van der Waals surface area contributed by atoms with E-state index in [2.05, 4.69) is 17.2 Å². The van der Waals surface area contributed by atoms with Crippen LogP contribution < -0.4 is 5.32 Å². The lowest BCUT2D eigenvalue weighted by molar-refractivity contribution is -0.115. The van der Waals surface area contributed by atoms with Crippen molar-refractivity contribution in [1.82, 2.24) is 5.32 Å². The van der Waals surface area contributed by atoms with Crippen LogP contribution in [0, 0.1) is 11.8 Å². The summed E-state index contributed by atoms with van der Waals surface area (Å²) in [4.78, 5) is 10.8. The predicted octanol–water partition coefficient (Wildman–Crippen LogP) is -0.477. The summed E-state index contributed by atoms with van der Waals surface area (Å²) in [5.74, 6) is 4.51. The molecule has 0 radical (unpaired) electrons. The first kappa shape index (κ1) is 11.9. The van der Waals surface area contributed by atoms with E-state index in [4.69, 9.17) is 4.74 Å². The highest BCUT2D eigenvalue weighted by Gasteiger charge is 2.03. The number of methoxy groups -OCH3 is 1. The van der Waals surface area contributed by atoms with Crippen molar-refractivity contribution in [3.8, 4) is 11.8 Å². The molecule has 0 rings (SSSR count). The molecule has 4 nitrogen and oxygen atoms in total. The van der Waals surface area contributed by atoms with Crippen LogP contribution in [0.2, 0.25) is 0 Å². The molecule has 74 valence electrons. The highest BCUT2D eigenvalue weighted by atomic mass is 16.5. The van der Waals surface area contributed by atoms with Crippen LogP contribution in [0.5, 0.6) is 0 Å². The highest BCUT2D eigenvalue weighted by Crippen LogP contribution is 1.89. The lowest BCUT2D eigenvalue weighted by Gasteiger charge is -2.08. The first-order valence-corrected chi connectivity index (χ1v) is 4.08. The Hall–Kier alpha value is -1.05. The third kappa shape index (κ3) is 7.32. The molecular formula is C9H15NO3. The van der Waals surface area contributed by atoms with E-state index in [1.165, 1.54) is 7.11 Å². The van der Waals surface area contributed by atoms with Gasteiger partial charge in [-0.1, -0.05) is 5.92 Å². The largest absolute Gasteiger partial charge is 0.391 e. The second-order valence-electron chi connectivity index (χ2n) is 2.53. The Labute approximate surface area is 78.3 Å². The molecule has 0 aliphatic carbocycles. The lowest BCUT2D eigenvalue weighted by atomic mass is 10.2. The van der Waals surface area contributed by atoms with Crippen LogP contribution in [0.15, 0.2) is 0 Å². The maximum Gasteiger partial charge on any atom is 0.295 e. The topological polar surface area (TPSA) is 58.6 Å². The molecule has 0 saturated carbocycles. The molecule has 0 heterocycles. The van der Waals surface area contributed by atoms with Crippen molar-refractivity contribution in [2.45, 2.75) is 19.4 Å². The number of ether oxygens (including phenoxy) is 1. The standard InChI is InChI=1S/C9H15NO3/c1-3-4-9(12)10-6-5-8(11)7-13-2/h8,11H,5-7H2,1-2H3,(H,10,12). The van der Waals surface area contributed by atoms with Gasteiger partial charge in [-0.25, -0.2) is 0 Å². The number of aliphatic hydroxyl groups is 1. The maximum absolute atomic E-state index is 10.8. The number of aliphatic hydroxyl groups excluding tert-OH is 1. The molecule has 0 spiro atoms. The average molecular weight is 185 g/mol. The van der Waals surface area contributed by atoms with E-state index in [0.29, 0.717) is 13.0 Å². The number of carbonyl (C=O) groups is 1. The van der Waals surface area contributed by atoms with Crippen LogP contribution in [0.1, 0.15) is 13.3 Å². The summed E-state index contributed by atoms with van der Waals surface area (Å²) in [5.41, 5.74) is 0. The number of amides is 1. The molecule has 0 fully saturated rings. The molecule has 4 heteroatoms. The average Bonchev–Trinajstić information content (AvgIpc) is 2.05. The molecule has 1 atom stereocenters. The molecule has 13 heavy (non-hydrogen) atoms. The molecule has 0 saturated heterocycles. The first-order chi connectivity index (χ1) is 6.20. The normalized spacial score (nSPS) is 11.3. The van der Waals surface area contributed by atoms with Gasteiger partial charge in [0.15, 0.2) is 0 Å². The summed E-state index contributed by atoms with van der Waals surface area (Å²) in [7, 11) is 1.52. The highest BCUT2D eigenvalue weighted by molar-refractivity contribution is 5.93. The maximum atomic E-state index is 10.8. The summed E-state index contributed by atoms with van der Waals surface area (Å²) in [6.45, 7) is 2.30. The van der Waals surface area contributed by atoms with E-state index in [1.54, 1.807) is 6.92 Å². The zero-order chi connectivity index (χ0) is 10.1. The Morgan fingerprint density at radius 3 is 2.92 bits per heavy atom. The van der Waals surface area contributed by atoms with Gasteiger partial charge in [-0.2, -0.15) is 0 Å². The van der Waals surface area contributed by atoms with Gasteiger partial charge in [-0.05, 0) is 19.3 Å². The molecule has 2 N–H and O–H groups in total. The zero-order valence-electron chi connectivity index (χ0n) is 7.96. The Morgan fingerprint density at radius 2 is 2.38 bits per heavy atom. The van der Waals surface area contributed by atoms with Crippen molar-refractivity contribution >= 4 is 5.91 Å². The van der Waals surface area contributed by atoms with Gasteiger partial charge >= 0.3 is 0 Å². The van der Waals surface area contributed by atoms with Gasteiger partial charge in [0, 0.05) is 13.7 Å². The van der Waals surface area contributed by atoms with Crippen molar-refractivity contribution in [1.29, 1.82) is 0 Å². The molecule has 1 unspecified atom stereocenters. The van der Waals surface area contributed by atoms with Gasteiger partial charge in [0.25, 0.3) is 5.91 Å². The van der Waals surface area contributed by atoms with E-state index >= 15 is 0 Å². The Morgan fingerprint density at radius 1 is 1.69 bits per heavy atom.